The second kappa shape index (κ2) is 3.31. The van der Waals surface area contributed by atoms with Gasteiger partial charge < -0.3 is 16.6 Å². The van der Waals surface area contributed by atoms with Crippen LogP contribution in [0.3, 0.4) is 0 Å². The topological polar surface area (TPSA) is 89.3 Å². The molecular formula is C10H14N2O2. The van der Waals surface area contributed by atoms with Gasteiger partial charge in [0, 0.05) is 5.69 Å². The van der Waals surface area contributed by atoms with Gasteiger partial charge in [0.1, 0.15) is 5.54 Å². The summed E-state index contributed by atoms with van der Waals surface area (Å²) in [5, 5.41) is 8.93. The van der Waals surface area contributed by atoms with E-state index in [1.165, 1.54) is 6.92 Å². The third kappa shape index (κ3) is 1.70. The van der Waals surface area contributed by atoms with E-state index in [1.54, 1.807) is 25.1 Å². The number of rotatable bonds is 2. The largest absolute Gasteiger partial charge is 0.480 e. The zero-order valence-electron chi connectivity index (χ0n) is 8.24. The van der Waals surface area contributed by atoms with Crippen molar-refractivity contribution >= 4 is 11.7 Å². The van der Waals surface area contributed by atoms with Gasteiger partial charge in [-0.25, -0.2) is 4.79 Å². The fourth-order valence-electron chi connectivity index (χ4n) is 1.38. The van der Waals surface area contributed by atoms with Crippen LogP contribution in [0.5, 0.6) is 0 Å². The summed E-state index contributed by atoms with van der Waals surface area (Å²) < 4.78 is 0. The summed E-state index contributed by atoms with van der Waals surface area (Å²) in [6.07, 6.45) is 0. The minimum absolute atomic E-state index is 0.583. The first-order valence-corrected chi connectivity index (χ1v) is 4.24. The van der Waals surface area contributed by atoms with Gasteiger partial charge in [0.25, 0.3) is 0 Å². The molecule has 0 saturated heterocycles. The van der Waals surface area contributed by atoms with Crippen molar-refractivity contribution in [2.75, 3.05) is 5.73 Å². The van der Waals surface area contributed by atoms with Crippen molar-refractivity contribution in [3.05, 3.63) is 29.3 Å². The lowest BCUT2D eigenvalue weighted by Crippen LogP contribution is -2.42. The normalized spacial score (nSPS) is 14.8. The second-order valence-corrected chi connectivity index (χ2v) is 3.58. The fraction of sp³-hybridized carbons (Fsp3) is 0.300. The zero-order chi connectivity index (χ0) is 10.9. The number of aliphatic carboxylic acids is 1. The van der Waals surface area contributed by atoms with E-state index < -0.39 is 11.5 Å². The lowest BCUT2D eigenvalue weighted by molar-refractivity contribution is -0.143. The van der Waals surface area contributed by atoms with E-state index in [-0.39, 0.29) is 0 Å². The van der Waals surface area contributed by atoms with Crippen molar-refractivity contribution < 1.29 is 9.90 Å². The van der Waals surface area contributed by atoms with Gasteiger partial charge in [0.05, 0.1) is 0 Å². The van der Waals surface area contributed by atoms with Crippen molar-refractivity contribution in [2.24, 2.45) is 5.73 Å². The van der Waals surface area contributed by atoms with Crippen LogP contribution in [0.15, 0.2) is 18.2 Å². The van der Waals surface area contributed by atoms with Crippen molar-refractivity contribution in [1.82, 2.24) is 0 Å². The molecule has 0 aliphatic rings. The van der Waals surface area contributed by atoms with Crippen LogP contribution in [0.25, 0.3) is 0 Å². The molecule has 4 nitrogen and oxygen atoms in total. The molecule has 0 aliphatic carbocycles. The molecule has 0 bridgehead atoms. The Labute approximate surface area is 82.5 Å². The van der Waals surface area contributed by atoms with Gasteiger partial charge in [-0.1, -0.05) is 6.07 Å². The van der Waals surface area contributed by atoms with E-state index in [1.807, 2.05) is 0 Å². The van der Waals surface area contributed by atoms with Crippen LogP contribution < -0.4 is 11.5 Å². The molecule has 1 rings (SSSR count). The summed E-state index contributed by atoms with van der Waals surface area (Å²) in [5.74, 6) is -1.05. The summed E-state index contributed by atoms with van der Waals surface area (Å²) in [5.41, 5.74) is 11.9. The summed E-state index contributed by atoms with van der Waals surface area (Å²) in [6, 6.07) is 5.01. The van der Waals surface area contributed by atoms with Crippen LogP contribution in [0.4, 0.5) is 5.69 Å². The molecule has 0 aromatic heterocycles. The number of nitrogens with two attached hydrogens (primary N) is 2. The van der Waals surface area contributed by atoms with Gasteiger partial charge in [0.2, 0.25) is 0 Å². The van der Waals surface area contributed by atoms with Crippen molar-refractivity contribution in [1.29, 1.82) is 0 Å². The first kappa shape index (κ1) is 10.5. The highest BCUT2D eigenvalue weighted by molar-refractivity contribution is 5.80. The average molecular weight is 194 g/mol. The molecule has 0 heterocycles. The predicted molar refractivity (Wildman–Crippen MR) is 54.8 cm³/mol. The molecule has 14 heavy (non-hydrogen) atoms. The highest BCUT2D eigenvalue weighted by atomic mass is 16.4. The number of aryl methyl sites for hydroxylation is 1. The number of nitrogen functional groups attached to an aromatic ring is 1. The minimum Gasteiger partial charge on any atom is -0.480 e. The third-order valence-electron chi connectivity index (χ3n) is 2.25. The first-order valence-electron chi connectivity index (χ1n) is 4.24. The van der Waals surface area contributed by atoms with Gasteiger partial charge in [-0.15, -0.1) is 0 Å². The Morgan fingerprint density at radius 3 is 2.50 bits per heavy atom. The van der Waals surface area contributed by atoms with E-state index in [0.29, 0.717) is 11.3 Å². The Morgan fingerprint density at radius 2 is 2.07 bits per heavy atom. The number of carboxylic acid groups (broad SMARTS) is 1. The lowest BCUT2D eigenvalue weighted by Gasteiger charge is -2.22. The Morgan fingerprint density at radius 1 is 1.50 bits per heavy atom. The fourth-order valence-corrected chi connectivity index (χ4v) is 1.38. The first-order chi connectivity index (χ1) is 6.35. The molecule has 1 aromatic rings. The highest BCUT2D eigenvalue weighted by Crippen LogP contribution is 2.23. The monoisotopic (exact) mass is 194 g/mol. The number of carbonyl (C=O) groups is 1. The Hall–Kier alpha value is -1.55. The van der Waals surface area contributed by atoms with Gasteiger partial charge in [0.15, 0.2) is 0 Å². The highest BCUT2D eigenvalue weighted by Gasteiger charge is 2.31. The van der Waals surface area contributed by atoms with Crippen LogP contribution in [0.1, 0.15) is 18.1 Å². The van der Waals surface area contributed by atoms with Crippen LogP contribution in [0, 0.1) is 6.92 Å². The Bertz CT molecular complexity index is 372. The lowest BCUT2D eigenvalue weighted by atomic mass is 9.89. The van der Waals surface area contributed by atoms with E-state index >= 15 is 0 Å². The molecular weight excluding hydrogens is 180 g/mol. The zero-order valence-corrected chi connectivity index (χ0v) is 8.24. The number of carboxylic acids is 1. The molecule has 1 atom stereocenters. The average Bonchev–Trinajstić information content (AvgIpc) is 2.02. The van der Waals surface area contributed by atoms with E-state index in [4.69, 9.17) is 16.6 Å². The van der Waals surface area contributed by atoms with Crippen molar-refractivity contribution in [3.8, 4) is 0 Å². The molecule has 76 valence electrons. The number of benzene rings is 1. The van der Waals surface area contributed by atoms with Crippen LogP contribution >= 0.6 is 0 Å². The van der Waals surface area contributed by atoms with Crippen molar-refractivity contribution in [3.63, 3.8) is 0 Å². The van der Waals surface area contributed by atoms with Crippen LogP contribution in [0.2, 0.25) is 0 Å². The Balaban J connectivity index is 3.26. The molecule has 4 heteroatoms. The number of hydrogen-bond donors (Lipinski definition) is 3. The quantitative estimate of drug-likeness (QED) is 0.608. The standard InChI is InChI=1S/C10H14N2O2/c1-6-5-7(11)3-4-8(6)10(2,12)9(13)14/h3-5H,11-12H2,1-2H3,(H,13,14). The van der Waals surface area contributed by atoms with E-state index in [9.17, 15) is 4.79 Å². The summed E-state index contributed by atoms with van der Waals surface area (Å²) in [7, 11) is 0. The van der Waals surface area contributed by atoms with Crippen LogP contribution in [-0.2, 0) is 10.3 Å². The van der Waals surface area contributed by atoms with Crippen molar-refractivity contribution in [2.45, 2.75) is 19.4 Å². The van der Waals surface area contributed by atoms with Gasteiger partial charge in [-0.05, 0) is 37.1 Å². The summed E-state index contributed by atoms with van der Waals surface area (Å²) in [6.45, 7) is 3.26. The maximum atomic E-state index is 10.9. The summed E-state index contributed by atoms with van der Waals surface area (Å²) >= 11 is 0. The molecule has 0 saturated carbocycles. The minimum atomic E-state index is -1.36. The molecule has 0 spiro atoms. The van der Waals surface area contributed by atoms with Gasteiger partial charge in [-0.2, -0.15) is 0 Å². The molecule has 1 aromatic carbocycles. The molecule has 0 fully saturated rings. The predicted octanol–water partition coefficient (Wildman–Crippen LogP) is 0.836. The van der Waals surface area contributed by atoms with E-state index in [2.05, 4.69) is 0 Å². The number of hydrogen-bond acceptors (Lipinski definition) is 3. The smallest absolute Gasteiger partial charge is 0.328 e. The molecule has 0 amide bonds. The summed E-state index contributed by atoms with van der Waals surface area (Å²) in [4.78, 5) is 10.9. The molecule has 0 radical (unpaired) electrons. The molecule has 0 aliphatic heterocycles. The van der Waals surface area contributed by atoms with Gasteiger partial charge >= 0.3 is 5.97 Å². The van der Waals surface area contributed by atoms with E-state index in [0.717, 1.165) is 5.56 Å². The van der Waals surface area contributed by atoms with Gasteiger partial charge in [-0.3, -0.25) is 0 Å². The Kier molecular flexibility index (Phi) is 2.49. The van der Waals surface area contributed by atoms with Crippen LogP contribution in [-0.4, -0.2) is 11.1 Å². The maximum Gasteiger partial charge on any atom is 0.328 e. The molecule has 5 N–H and O–H groups in total. The second-order valence-electron chi connectivity index (χ2n) is 3.58. The maximum absolute atomic E-state index is 10.9. The third-order valence-corrected chi connectivity index (χ3v) is 2.25. The molecule has 1 unspecified atom stereocenters. The number of anilines is 1. The SMILES string of the molecule is Cc1cc(N)ccc1C(C)(N)C(=O)O.